The van der Waals surface area contributed by atoms with Crippen LogP contribution in [0.5, 0.6) is 5.75 Å². The summed E-state index contributed by atoms with van der Waals surface area (Å²) in [6, 6.07) is 12.1. The first-order valence-electron chi connectivity index (χ1n) is 8.17. The molecule has 1 N–H and O–H groups in total. The lowest BCUT2D eigenvalue weighted by atomic mass is 10.1. The number of hydrogen-bond acceptors (Lipinski definition) is 5. The van der Waals surface area contributed by atoms with E-state index in [9.17, 15) is 9.00 Å². The lowest BCUT2D eigenvalue weighted by Gasteiger charge is -2.27. The smallest absolute Gasteiger partial charge is 0.410 e. The van der Waals surface area contributed by atoms with Crippen molar-refractivity contribution in [2.24, 2.45) is 0 Å². The van der Waals surface area contributed by atoms with Gasteiger partial charge in [0.05, 0.1) is 14.6 Å². The van der Waals surface area contributed by atoms with Crippen LogP contribution in [0.25, 0.3) is 0 Å². The number of piperidine rings is 1. The molecule has 0 spiro atoms. The number of ether oxygens (including phenoxy) is 1. The van der Waals surface area contributed by atoms with E-state index in [1.54, 1.807) is 30.3 Å². The van der Waals surface area contributed by atoms with Gasteiger partial charge in [0.2, 0.25) is 0 Å². The molecule has 0 aliphatic carbocycles. The van der Waals surface area contributed by atoms with Crippen molar-refractivity contribution in [1.82, 2.24) is 9.71 Å². The van der Waals surface area contributed by atoms with Gasteiger partial charge >= 0.3 is 6.09 Å². The lowest BCUT2D eigenvalue weighted by molar-refractivity contribution is 0.207. The first-order chi connectivity index (χ1) is 12.0. The van der Waals surface area contributed by atoms with Gasteiger partial charge in [-0.25, -0.2) is 18.7 Å². The van der Waals surface area contributed by atoms with E-state index in [1.165, 1.54) is 12.6 Å². The van der Waals surface area contributed by atoms with Crippen LogP contribution < -0.4 is 14.4 Å². The Morgan fingerprint density at radius 2 is 1.84 bits per heavy atom. The molecule has 2 heterocycles. The van der Waals surface area contributed by atoms with Crippen LogP contribution in [0.4, 0.5) is 10.6 Å². The number of para-hydroxylation sites is 1. The number of anilines is 1. The second kappa shape index (κ2) is 7.57. The number of benzene rings is 1. The Morgan fingerprint density at radius 3 is 2.48 bits per heavy atom. The van der Waals surface area contributed by atoms with Crippen molar-refractivity contribution in [1.29, 1.82) is 0 Å². The topological polar surface area (TPSA) is 71.5 Å². The molecule has 6 nitrogen and oxygen atoms in total. The third-order valence-electron chi connectivity index (χ3n) is 3.98. The van der Waals surface area contributed by atoms with Crippen LogP contribution in [-0.4, -0.2) is 34.2 Å². The van der Waals surface area contributed by atoms with Gasteiger partial charge in [0.15, 0.2) is 0 Å². The van der Waals surface area contributed by atoms with E-state index in [4.69, 9.17) is 4.74 Å². The highest BCUT2D eigenvalue weighted by Crippen LogP contribution is 2.19. The molecule has 0 saturated carbocycles. The fourth-order valence-electron chi connectivity index (χ4n) is 2.69. The molecule has 25 heavy (non-hydrogen) atoms. The maximum atomic E-state index is 12.7. The van der Waals surface area contributed by atoms with Crippen molar-refractivity contribution < 1.29 is 13.7 Å². The predicted octanol–water partition coefficient (Wildman–Crippen LogP) is 2.85. The molecule has 1 fully saturated rings. The average Bonchev–Trinajstić information content (AvgIpc) is 2.63. The molecule has 3 rings (SSSR count). The van der Waals surface area contributed by atoms with Crippen LogP contribution in [0.2, 0.25) is 0 Å². The predicted molar refractivity (Wildman–Crippen MR) is 99.4 cm³/mol. The summed E-state index contributed by atoms with van der Waals surface area (Å²) in [4.78, 5) is 18.9. The van der Waals surface area contributed by atoms with Crippen molar-refractivity contribution in [3.8, 4) is 5.75 Å². The molecule has 7 heteroatoms. The van der Waals surface area contributed by atoms with Crippen LogP contribution in [0, 0.1) is 0 Å². The van der Waals surface area contributed by atoms with Crippen molar-refractivity contribution in [2.45, 2.75) is 24.2 Å². The van der Waals surface area contributed by atoms with Crippen molar-refractivity contribution in [2.75, 3.05) is 18.0 Å². The number of carbonyl (C=O) groups excluding carboxylic acids is 1. The Kier molecular flexibility index (Phi) is 5.23. The first-order valence-corrected chi connectivity index (χ1v) is 9.90. The van der Waals surface area contributed by atoms with Crippen molar-refractivity contribution in [3.63, 3.8) is 0 Å². The van der Waals surface area contributed by atoms with E-state index in [0.29, 0.717) is 10.6 Å². The lowest BCUT2D eigenvalue weighted by Crippen LogP contribution is -2.33. The van der Waals surface area contributed by atoms with E-state index in [0.717, 1.165) is 31.7 Å². The fraction of sp³-hybridized carbons (Fsp3) is 0.278. The van der Waals surface area contributed by atoms with Crippen LogP contribution in [0.1, 0.15) is 19.3 Å². The number of rotatable bonds is 4. The van der Waals surface area contributed by atoms with Crippen LogP contribution >= 0.6 is 0 Å². The number of pyridine rings is 1. The maximum absolute atomic E-state index is 12.7. The standard InChI is InChI=1S/C18H21N3O3S/c1-25(23,20-18(22)24-15-8-4-2-5-9-15)16-10-11-17(19-14-16)21-12-6-3-7-13-21/h2,4-5,8-11,14H,1,3,6-7,12-13H2,(H,20,22,23). The molecular formula is C18H21N3O3S. The average molecular weight is 359 g/mol. The van der Waals surface area contributed by atoms with Gasteiger partial charge in [0.1, 0.15) is 11.6 Å². The Bertz CT molecular complexity index is 814. The quantitative estimate of drug-likeness (QED) is 0.850. The zero-order valence-electron chi connectivity index (χ0n) is 13.9. The SMILES string of the molecule is C=S(=O)(NC(=O)Oc1ccccc1)c1ccc(N2CCCCC2)nc1. The summed E-state index contributed by atoms with van der Waals surface area (Å²) in [6.07, 6.45) is 4.24. The number of carbonyl (C=O) groups is 1. The number of hydrogen-bond donors (Lipinski definition) is 1. The first kappa shape index (κ1) is 17.3. The third-order valence-corrected chi connectivity index (χ3v) is 5.48. The summed E-state index contributed by atoms with van der Waals surface area (Å²) < 4.78 is 20.1. The van der Waals surface area contributed by atoms with Gasteiger partial charge in [-0.05, 0) is 49.4 Å². The van der Waals surface area contributed by atoms with Crippen LogP contribution in [0.15, 0.2) is 53.6 Å². The van der Waals surface area contributed by atoms with Crippen molar-refractivity contribution in [3.05, 3.63) is 48.7 Å². The molecule has 0 radical (unpaired) electrons. The zero-order chi connectivity index (χ0) is 17.7. The summed E-state index contributed by atoms with van der Waals surface area (Å²) in [7, 11) is -3.03. The molecule has 1 aliphatic heterocycles. The fourth-order valence-corrected chi connectivity index (χ4v) is 3.63. The Labute approximate surface area is 148 Å². The highest BCUT2D eigenvalue weighted by molar-refractivity contribution is 7.99. The van der Waals surface area contributed by atoms with Gasteiger partial charge < -0.3 is 9.64 Å². The Balaban J connectivity index is 1.66. The number of aromatic nitrogens is 1. The largest absolute Gasteiger partial charge is 0.424 e. The van der Waals surface area contributed by atoms with E-state index in [1.807, 2.05) is 12.1 Å². The van der Waals surface area contributed by atoms with E-state index >= 15 is 0 Å². The summed E-state index contributed by atoms with van der Waals surface area (Å²) >= 11 is 0. The normalized spacial score (nSPS) is 16.7. The molecule has 1 aromatic heterocycles. The molecule has 2 aromatic rings. The summed E-state index contributed by atoms with van der Waals surface area (Å²) in [5.41, 5.74) is 0. The summed E-state index contributed by atoms with van der Waals surface area (Å²) in [5, 5.41) is 0. The van der Waals surface area contributed by atoms with Crippen molar-refractivity contribution >= 4 is 27.5 Å². The minimum atomic E-state index is -3.03. The second-order valence-corrected chi connectivity index (χ2v) is 7.91. The van der Waals surface area contributed by atoms with Gasteiger partial charge in [0, 0.05) is 19.3 Å². The van der Waals surface area contributed by atoms with E-state index in [2.05, 4.69) is 20.5 Å². The second-order valence-electron chi connectivity index (χ2n) is 5.88. The van der Waals surface area contributed by atoms with Gasteiger partial charge in [-0.3, -0.25) is 0 Å². The monoisotopic (exact) mass is 359 g/mol. The highest BCUT2D eigenvalue weighted by Gasteiger charge is 2.16. The Morgan fingerprint density at radius 1 is 1.12 bits per heavy atom. The zero-order valence-corrected chi connectivity index (χ0v) is 14.7. The molecule has 1 saturated heterocycles. The van der Waals surface area contributed by atoms with Gasteiger partial charge in [0.25, 0.3) is 0 Å². The van der Waals surface area contributed by atoms with Gasteiger partial charge in [-0.2, -0.15) is 0 Å². The molecule has 0 bridgehead atoms. The van der Waals surface area contributed by atoms with E-state index in [-0.39, 0.29) is 0 Å². The summed E-state index contributed by atoms with van der Waals surface area (Å²) in [6.45, 7) is 1.96. The minimum Gasteiger partial charge on any atom is -0.410 e. The van der Waals surface area contributed by atoms with Crippen LogP contribution in [-0.2, 0) is 9.71 Å². The Hall–Kier alpha value is -2.54. The number of nitrogens with zero attached hydrogens (tertiary/aromatic N) is 2. The molecule has 1 amide bonds. The number of nitrogens with one attached hydrogen (secondary N) is 1. The van der Waals surface area contributed by atoms with Gasteiger partial charge in [-0.15, -0.1) is 0 Å². The number of amides is 1. The molecule has 1 atom stereocenters. The minimum absolute atomic E-state index is 0.360. The third kappa shape index (κ3) is 4.51. The maximum Gasteiger partial charge on any atom is 0.424 e. The van der Waals surface area contributed by atoms with E-state index < -0.39 is 15.8 Å². The molecule has 132 valence electrons. The van der Waals surface area contributed by atoms with Crippen LogP contribution in [0.3, 0.4) is 0 Å². The molecule has 1 aromatic carbocycles. The molecular weight excluding hydrogens is 338 g/mol. The van der Waals surface area contributed by atoms with Gasteiger partial charge in [-0.1, -0.05) is 18.2 Å². The summed E-state index contributed by atoms with van der Waals surface area (Å²) in [5.74, 6) is 4.85. The highest BCUT2D eigenvalue weighted by atomic mass is 32.2. The molecule has 1 aliphatic rings. The molecule has 1 unspecified atom stereocenters.